The molecule has 1 amide bonds. The summed E-state index contributed by atoms with van der Waals surface area (Å²) in [5, 5.41) is 3.43. The second-order valence-electron chi connectivity index (χ2n) is 4.78. The number of nitrogens with zero attached hydrogens (tertiary/aromatic N) is 1. The van der Waals surface area contributed by atoms with E-state index in [9.17, 15) is 4.79 Å². The second-order valence-corrected chi connectivity index (χ2v) is 5.57. The molecule has 1 atom stereocenters. The van der Waals surface area contributed by atoms with Crippen LogP contribution in [0.3, 0.4) is 0 Å². The van der Waals surface area contributed by atoms with Gasteiger partial charge in [0.25, 0.3) is 5.91 Å². The number of nitrogens with one attached hydrogen (secondary N) is 1. The number of carbonyl (C=O) groups excluding carboxylic acids is 1. The minimum absolute atomic E-state index is 0.119. The van der Waals surface area contributed by atoms with Crippen LogP contribution >= 0.6 is 23.2 Å². The first-order valence-corrected chi connectivity index (χ1v) is 7.47. The molecule has 0 saturated carbocycles. The predicted octanol–water partition coefficient (Wildman–Crippen LogP) is 4.44. The van der Waals surface area contributed by atoms with Crippen LogP contribution in [0.15, 0.2) is 36.5 Å². The molecular formula is C16H16Cl2N2O. The van der Waals surface area contributed by atoms with Gasteiger partial charge in [-0.1, -0.05) is 54.4 Å². The average Bonchev–Trinajstić information content (AvgIpc) is 2.49. The van der Waals surface area contributed by atoms with Gasteiger partial charge in [0, 0.05) is 6.20 Å². The van der Waals surface area contributed by atoms with Gasteiger partial charge in [-0.15, -0.1) is 0 Å². The smallest absolute Gasteiger partial charge is 0.253 e. The van der Waals surface area contributed by atoms with Crippen LogP contribution < -0.4 is 5.32 Å². The minimum Gasteiger partial charge on any atom is -0.345 e. The Morgan fingerprint density at radius 2 is 1.95 bits per heavy atom. The molecule has 0 aliphatic heterocycles. The number of carbonyl (C=O) groups is 1. The summed E-state index contributed by atoms with van der Waals surface area (Å²) in [6.07, 6.45) is 2.37. The van der Waals surface area contributed by atoms with E-state index < -0.39 is 0 Å². The number of aryl methyl sites for hydroxylation is 1. The lowest BCUT2D eigenvalue weighted by Crippen LogP contribution is -2.27. The molecule has 21 heavy (non-hydrogen) atoms. The zero-order valence-electron chi connectivity index (χ0n) is 11.9. The number of amides is 1. The highest BCUT2D eigenvalue weighted by molar-refractivity contribution is 6.35. The van der Waals surface area contributed by atoms with E-state index in [1.165, 1.54) is 17.8 Å². The van der Waals surface area contributed by atoms with Crippen LogP contribution in [0.1, 0.15) is 41.4 Å². The highest BCUT2D eigenvalue weighted by Crippen LogP contribution is 2.20. The van der Waals surface area contributed by atoms with Gasteiger partial charge in [-0.25, -0.2) is 4.98 Å². The lowest BCUT2D eigenvalue weighted by Gasteiger charge is -2.15. The van der Waals surface area contributed by atoms with Gasteiger partial charge >= 0.3 is 0 Å². The van der Waals surface area contributed by atoms with E-state index in [2.05, 4.69) is 29.4 Å². The van der Waals surface area contributed by atoms with Crippen molar-refractivity contribution in [3.05, 3.63) is 63.4 Å². The lowest BCUT2D eigenvalue weighted by molar-refractivity contribution is 0.0940. The van der Waals surface area contributed by atoms with Crippen LogP contribution in [0.2, 0.25) is 10.2 Å². The van der Waals surface area contributed by atoms with Crippen molar-refractivity contribution < 1.29 is 4.79 Å². The molecule has 110 valence electrons. The maximum Gasteiger partial charge on any atom is 0.253 e. The number of benzene rings is 1. The summed E-state index contributed by atoms with van der Waals surface area (Å²) in [6, 6.07) is 9.51. The monoisotopic (exact) mass is 322 g/mol. The third kappa shape index (κ3) is 3.96. The molecule has 0 radical (unpaired) electrons. The van der Waals surface area contributed by atoms with E-state index in [0.29, 0.717) is 5.56 Å². The van der Waals surface area contributed by atoms with Gasteiger partial charge in [0.05, 0.1) is 16.6 Å². The first-order chi connectivity index (χ1) is 10.0. The Morgan fingerprint density at radius 3 is 2.57 bits per heavy atom. The van der Waals surface area contributed by atoms with Crippen molar-refractivity contribution in [2.45, 2.75) is 26.3 Å². The topological polar surface area (TPSA) is 42.0 Å². The summed E-state index contributed by atoms with van der Waals surface area (Å²) < 4.78 is 0. The maximum atomic E-state index is 12.2. The fourth-order valence-electron chi connectivity index (χ4n) is 1.99. The van der Waals surface area contributed by atoms with Gasteiger partial charge in [0.15, 0.2) is 0 Å². The third-order valence-corrected chi connectivity index (χ3v) is 3.81. The van der Waals surface area contributed by atoms with Crippen LogP contribution in [-0.4, -0.2) is 10.9 Å². The molecule has 0 aliphatic carbocycles. The number of hydrogen-bond donors (Lipinski definition) is 1. The van der Waals surface area contributed by atoms with Gasteiger partial charge in [0.2, 0.25) is 0 Å². The number of aromatic nitrogens is 1. The van der Waals surface area contributed by atoms with Gasteiger partial charge in [-0.2, -0.15) is 0 Å². The standard InChI is InChI=1S/C16H16Cl2N2O/c1-3-11-4-6-12(7-5-11)10(2)20-16(21)13-8-15(18)19-9-14(13)17/h4-10H,3H2,1-2H3,(H,20,21). The van der Waals surface area contributed by atoms with Gasteiger partial charge in [0.1, 0.15) is 5.15 Å². The predicted molar refractivity (Wildman–Crippen MR) is 86.0 cm³/mol. The maximum absolute atomic E-state index is 12.2. The molecule has 1 N–H and O–H groups in total. The van der Waals surface area contributed by atoms with Crippen molar-refractivity contribution in [1.82, 2.24) is 10.3 Å². The van der Waals surface area contributed by atoms with Crippen LogP contribution in [0.5, 0.6) is 0 Å². The molecular weight excluding hydrogens is 307 g/mol. The van der Waals surface area contributed by atoms with E-state index in [1.807, 2.05) is 19.1 Å². The molecule has 2 aromatic rings. The van der Waals surface area contributed by atoms with Crippen molar-refractivity contribution in [2.24, 2.45) is 0 Å². The van der Waals surface area contributed by atoms with Gasteiger partial charge in [-0.05, 0) is 30.5 Å². The Morgan fingerprint density at radius 1 is 1.29 bits per heavy atom. The quantitative estimate of drug-likeness (QED) is 0.845. The van der Waals surface area contributed by atoms with Crippen LogP contribution in [0, 0.1) is 0 Å². The minimum atomic E-state index is -0.267. The van der Waals surface area contributed by atoms with Crippen molar-refractivity contribution in [1.29, 1.82) is 0 Å². The molecule has 1 aromatic heterocycles. The SMILES string of the molecule is CCc1ccc(C(C)NC(=O)c2cc(Cl)ncc2Cl)cc1. The van der Waals surface area contributed by atoms with Crippen LogP contribution in [0.4, 0.5) is 0 Å². The fourth-order valence-corrected chi connectivity index (χ4v) is 2.33. The van der Waals surface area contributed by atoms with Gasteiger partial charge in [-0.3, -0.25) is 4.79 Å². The Kier molecular flexibility index (Phi) is 5.21. The Bertz CT molecular complexity index is 641. The number of pyridine rings is 1. The molecule has 0 aliphatic rings. The highest BCUT2D eigenvalue weighted by atomic mass is 35.5. The Hall–Kier alpha value is -1.58. The summed E-state index contributed by atoms with van der Waals surface area (Å²) in [7, 11) is 0. The first-order valence-electron chi connectivity index (χ1n) is 6.72. The lowest BCUT2D eigenvalue weighted by atomic mass is 10.0. The van der Waals surface area contributed by atoms with E-state index in [4.69, 9.17) is 23.2 Å². The summed E-state index contributed by atoms with van der Waals surface area (Å²) >= 11 is 11.8. The average molecular weight is 323 g/mol. The summed E-state index contributed by atoms with van der Waals surface area (Å²) in [4.78, 5) is 16.1. The number of rotatable bonds is 4. The number of hydrogen-bond acceptors (Lipinski definition) is 2. The van der Waals surface area contributed by atoms with Crippen LogP contribution in [0.25, 0.3) is 0 Å². The molecule has 1 aromatic carbocycles. The number of halogens is 2. The summed E-state index contributed by atoms with van der Waals surface area (Å²) in [6.45, 7) is 4.03. The van der Waals surface area contributed by atoms with Gasteiger partial charge < -0.3 is 5.32 Å². The summed E-state index contributed by atoms with van der Waals surface area (Å²) in [5.74, 6) is -0.267. The fraction of sp³-hybridized carbons (Fsp3) is 0.250. The van der Waals surface area contributed by atoms with E-state index in [0.717, 1.165) is 12.0 Å². The third-order valence-electron chi connectivity index (χ3n) is 3.30. The van der Waals surface area contributed by atoms with Crippen molar-refractivity contribution >= 4 is 29.1 Å². The molecule has 5 heteroatoms. The summed E-state index contributed by atoms with van der Waals surface area (Å²) in [5.41, 5.74) is 2.63. The van der Waals surface area contributed by atoms with Crippen molar-refractivity contribution in [3.8, 4) is 0 Å². The zero-order valence-corrected chi connectivity index (χ0v) is 13.4. The largest absolute Gasteiger partial charge is 0.345 e. The molecule has 0 fully saturated rings. The molecule has 2 rings (SSSR count). The Balaban J connectivity index is 2.12. The Labute approximate surface area is 134 Å². The molecule has 3 nitrogen and oxygen atoms in total. The second kappa shape index (κ2) is 6.92. The van der Waals surface area contributed by atoms with E-state index in [1.54, 1.807) is 0 Å². The highest BCUT2D eigenvalue weighted by Gasteiger charge is 2.15. The van der Waals surface area contributed by atoms with Crippen molar-refractivity contribution in [2.75, 3.05) is 0 Å². The molecule has 0 bridgehead atoms. The van der Waals surface area contributed by atoms with E-state index in [-0.39, 0.29) is 22.1 Å². The van der Waals surface area contributed by atoms with E-state index >= 15 is 0 Å². The molecule has 1 heterocycles. The molecule has 1 unspecified atom stereocenters. The first kappa shape index (κ1) is 15.8. The van der Waals surface area contributed by atoms with Crippen LogP contribution in [-0.2, 0) is 6.42 Å². The molecule has 0 saturated heterocycles. The normalized spacial score (nSPS) is 12.0. The zero-order chi connectivity index (χ0) is 15.4. The molecule has 0 spiro atoms. The van der Waals surface area contributed by atoms with Crippen molar-refractivity contribution in [3.63, 3.8) is 0 Å².